The molecule has 5 nitrogen and oxygen atoms in total. The summed E-state index contributed by atoms with van der Waals surface area (Å²) >= 11 is 3.69. The van der Waals surface area contributed by atoms with Crippen LogP contribution in [0.5, 0.6) is 0 Å². The molecule has 2 aromatic rings. The molecule has 2 rings (SSSR count). The maximum Gasteiger partial charge on any atom is 0.256 e. The van der Waals surface area contributed by atoms with Crippen molar-refractivity contribution in [3.63, 3.8) is 0 Å². The van der Waals surface area contributed by atoms with Crippen LogP contribution in [-0.4, -0.2) is 17.0 Å². The van der Waals surface area contributed by atoms with E-state index >= 15 is 0 Å². The number of amidine groups is 1. The molecule has 0 unspecified atom stereocenters. The maximum atomic E-state index is 11.9. The van der Waals surface area contributed by atoms with E-state index in [-0.39, 0.29) is 11.7 Å². The monoisotopic (exact) mass is 387 g/mol. The van der Waals surface area contributed by atoms with E-state index in [0.717, 1.165) is 2.88 Å². The van der Waals surface area contributed by atoms with Gasteiger partial charge >= 0.3 is 0 Å². The van der Waals surface area contributed by atoms with E-state index in [1.807, 2.05) is 11.4 Å². The Hall–Kier alpha value is -1.61. The van der Waals surface area contributed by atoms with Crippen molar-refractivity contribution in [3.8, 4) is 0 Å². The predicted octanol–water partition coefficient (Wildman–Crippen LogP) is 2.70. The Morgan fingerprint density at radius 3 is 2.53 bits per heavy atom. The summed E-state index contributed by atoms with van der Waals surface area (Å²) in [5.74, 6) is -0.124. The van der Waals surface area contributed by atoms with Gasteiger partial charge in [0, 0.05) is 16.6 Å². The second-order valence-electron chi connectivity index (χ2n) is 3.66. The van der Waals surface area contributed by atoms with Crippen molar-refractivity contribution in [2.45, 2.75) is 0 Å². The summed E-state index contributed by atoms with van der Waals surface area (Å²) in [5.41, 5.74) is 7.33. The van der Waals surface area contributed by atoms with Crippen molar-refractivity contribution in [2.24, 2.45) is 10.9 Å². The lowest BCUT2D eigenvalue weighted by Crippen LogP contribution is -2.14. The first-order chi connectivity index (χ1) is 9.10. The van der Waals surface area contributed by atoms with Crippen molar-refractivity contribution in [2.75, 3.05) is 5.32 Å². The second-order valence-corrected chi connectivity index (χ2v) is 6.46. The van der Waals surface area contributed by atoms with Crippen LogP contribution in [0.2, 0.25) is 0 Å². The van der Waals surface area contributed by atoms with E-state index in [9.17, 15) is 4.79 Å². The quantitative estimate of drug-likeness (QED) is 0.249. The third-order valence-corrected chi connectivity index (χ3v) is 4.16. The Bertz CT molecular complexity index is 622. The van der Waals surface area contributed by atoms with E-state index in [1.165, 1.54) is 11.3 Å². The minimum absolute atomic E-state index is 0.0327. The van der Waals surface area contributed by atoms with Crippen LogP contribution in [0, 0.1) is 2.88 Å². The molecule has 0 atom stereocenters. The van der Waals surface area contributed by atoms with E-state index < -0.39 is 0 Å². The number of carbonyl (C=O) groups is 1. The first kappa shape index (κ1) is 13.8. The van der Waals surface area contributed by atoms with Gasteiger partial charge in [0.1, 0.15) is 0 Å². The van der Waals surface area contributed by atoms with E-state index in [4.69, 9.17) is 10.9 Å². The van der Waals surface area contributed by atoms with Crippen LogP contribution in [0.4, 0.5) is 5.69 Å². The maximum absolute atomic E-state index is 11.9. The molecule has 0 aliphatic carbocycles. The van der Waals surface area contributed by atoms with Crippen LogP contribution in [0.25, 0.3) is 0 Å². The molecule has 0 radical (unpaired) electrons. The molecule has 0 fully saturated rings. The highest BCUT2D eigenvalue weighted by molar-refractivity contribution is 14.1. The van der Waals surface area contributed by atoms with Crippen molar-refractivity contribution in [1.82, 2.24) is 0 Å². The van der Waals surface area contributed by atoms with Crippen molar-refractivity contribution in [1.29, 1.82) is 0 Å². The minimum atomic E-state index is -0.157. The van der Waals surface area contributed by atoms with Crippen molar-refractivity contribution < 1.29 is 10.0 Å². The predicted molar refractivity (Wildman–Crippen MR) is 83.9 cm³/mol. The topological polar surface area (TPSA) is 87.7 Å². The van der Waals surface area contributed by atoms with Gasteiger partial charge in [-0.05, 0) is 52.9 Å². The van der Waals surface area contributed by atoms with Crippen molar-refractivity contribution >= 4 is 51.4 Å². The molecule has 7 heteroatoms. The largest absolute Gasteiger partial charge is 0.409 e. The third-order valence-electron chi connectivity index (χ3n) is 2.38. The Labute approximate surface area is 127 Å². The molecule has 0 spiro atoms. The van der Waals surface area contributed by atoms with Gasteiger partial charge < -0.3 is 16.3 Å². The van der Waals surface area contributed by atoms with Crippen LogP contribution < -0.4 is 11.1 Å². The summed E-state index contributed by atoms with van der Waals surface area (Å²) in [6.07, 6.45) is 0. The number of nitrogens with one attached hydrogen (secondary N) is 1. The lowest BCUT2D eigenvalue weighted by Gasteiger charge is -2.04. The summed E-state index contributed by atoms with van der Waals surface area (Å²) in [5, 5.41) is 16.0. The fraction of sp³-hybridized carbons (Fsp3) is 0. The van der Waals surface area contributed by atoms with Gasteiger partial charge in [-0.3, -0.25) is 4.79 Å². The van der Waals surface area contributed by atoms with Gasteiger partial charge in [-0.1, -0.05) is 5.16 Å². The second kappa shape index (κ2) is 6.02. The lowest BCUT2D eigenvalue weighted by atomic mass is 10.2. The fourth-order valence-electron chi connectivity index (χ4n) is 1.41. The molecule has 1 amide bonds. The van der Waals surface area contributed by atoms with Gasteiger partial charge in [-0.25, -0.2) is 0 Å². The van der Waals surface area contributed by atoms with Gasteiger partial charge in [0.2, 0.25) is 0 Å². The number of hydrogen-bond acceptors (Lipinski definition) is 4. The first-order valence-corrected chi connectivity index (χ1v) is 7.19. The van der Waals surface area contributed by atoms with E-state index in [2.05, 4.69) is 33.1 Å². The van der Waals surface area contributed by atoms with Gasteiger partial charge in [0.15, 0.2) is 5.84 Å². The standard InChI is InChI=1S/C12H10IN3O2S/c13-10-5-8(6-19-10)12(17)15-9-3-1-7(2-4-9)11(14)16-18/h1-6,18H,(H2,14,16)(H,15,17). The number of nitrogens with zero attached hydrogens (tertiary/aromatic N) is 1. The van der Waals surface area contributed by atoms with Gasteiger partial charge in [-0.15, -0.1) is 11.3 Å². The van der Waals surface area contributed by atoms with Gasteiger partial charge in [-0.2, -0.15) is 0 Å². The zero-order valence-electron chi connectivity index (χ0n) is 9.63. The summed E-state index contributed by atoms with van der Waals surface area (Å²) in [7, 11) is 0. The van der Waals surface area contributed by atoms with Crippen molar-refractivity contribution in [3.05, 3.63) is 49.7 Å². The molecule has 0 saturated heterocycles. The Balaban J connectivity index is 2.10. The summed E-state index contributed by atoms with van der Waals surface area (Å²) in [6.45, 7) is 0. The fourth-order valence-corrected chi connectivity index (χ4v) is 2.74. The number of rotatable bonds is 3. The molecule has 4 N–H and O–H groups in total. The highest BCUT2D eigenvalue weighted by Crippen LogP contribution is 2.18. The molecular weight excluding hydrogens is 377 g/mol. The summed E-state index contributed by atoms with van der Waals surface area (Å²) in [4.78, 5) is 11.9. The first-order valence-electron chi connectivity index (χ1n) is 5.23. The van der Waals surface area contributed by atoms with E-state index in [0.29, 0.717) is 16.8 Å². The molecule has 98 valence electrons. The number of carbonyl (C=O) groups excluding carboxylic acids is 1. The SMILES string of the molecule is NC(=NO)c1ccc(NC(=O)c2csc(I)c2)cc1. The van der Waals surface area contributed by atoms with Gasteiger partial charge in [0.05, 0.1) is 8.45 Å². The molecule has 0 saturated carbocycles. The molecule has 1 heterocycles. The number of anilines is 1. The molecular formula is C12H10IN3O2S. The summed E-state index contributed by atoms with van der Waals surface area (Å²) in [6, 6.07) is 8.56. The molecule has 0 aliphatic heterocycles. The number of thiophene rings is 1. The Morgan fingerprint density at radius 1 is 1.32 bits per heavy atom. The van der Waals surface area contributed by atoms with Crippen LogP contribution >= 0.6 is 33.9 Å². The summed E-state index contributed by atoms with van der Waals surface area (Å²) < 4.78 is 1.06. The van der Waals surface area contributed by atoms with Crippen LogP contribution in [0.15, 0.2) is 40.9 Å². The highest BCUT2D eigenvalue weighted by Gasteiger charge is 2.08. The average molecular weight is 387 g/mol. The normalized spacial score (nSPS) is 11.3. The zero-order valence-corrected chi connectivity index (χ0v) is 12.6. The molecule has 0 bridgehead atoms. The molecule has 1 aromatic heterocycles. The number of amides is 1. The molecule has 19 heavy (non-hydrogen) atoms. The van der Waals surface area contributed by atoms with E-state index in [1.54, 1.807) is 24.3 Å². The van der Waals surface area contributed by atoms with Crippen LogP contribution in [0.3, 0.4) is 0 Å². The Morgan fingerprint density at radius 2 is 2.00 bits per heavy atom. The average Bonchev–Trinajstić information content (AvgIpc) is 2.85. The smallest absolute Gasteiger partial charge is 0.256 e. The number of oxime groups is 1. The van der Waals surface area contributed by atoms with Gasteiger partial charge in [0.25, 0.3) is 5.91 Å². The molecule has 0 aliphatic rings. The Kier molecular flexibility index (Phi) is 4.38. The zero-order chi connectivity index (χ0) is 13.8. The number of nitrogens with two attached hydrogens (primary N) is 1. The highest BCUT2D eigenvalue weighted by atomic mass is 127. The minimum Gasteiger partial charge on any atom is -0.409 e. The molecule has 1 aromatic carbocycles. The lowest BCUT2D eigenvalue weighted by molar-refractivity contribution is 0.102. The number of hydrogen-bond donors (Lipinski definition) is 3. The third kappa shape index (κ3) is 3.44. The number of halogens is 1. The van der Waals surface area contributed by atoms with Crippen LogP contribution in [-0.2, 0) is 0 Å². The number of benzene rings is 1. The van der Waals surface area contributed by atoms with Crippen LogP contribution in [0.1, 0.15) is 15.9 Å².